The number of rotatable bonds is 4. The summed E-state index contributed by atoms with van der Waals surface area (Å²) in [6.45, 7) is 6.43. The number of ketones is 1. The Morgan fingerprint density at radius 1 is 1.32 bits per heavy atom. The van der Waals surface area contributed by atoms with Crippen molar-refractivity contribution in [1.82, 2.24) is 0 Å². The Hall–Kier alpha value is -2.37. The summed E-state index contributed by atoms with van der Waals surface area (Å²) in [5.74, 6) is -0.531. The molecule has 0 radical (unpaired) electrons. The summed E-state index contributed by atoms with van der Waals surface area (Å²) in [4.78, 5) is 37.2. The molecule has 0 spiro atoms. The van der Waals surface area contributed by atoms with Crippen molar-refractivity contribution in [2.24, 2.45) is 0 Å². The van der Waals surface area contributed by atoms with Crippen molar-refractivity contribution in [3.8, 4) is 5.75 Å². The fraction of sp³-hybridized carbons (Fsp3) is 0.438. The highest BCUT2D eigenvalue weighted by molar-refractivity contribution is 6.06. The molecule has 1 heterocycles. The quantitative estimate of drug-likeness (QED) is 0.628. The van der Waals surface area contributed by atoms with Gasteiger partial charge in [-0.1, -0.05) is 0 Å². The fourth-order valence-corrected chi connectivity index (χ4v) is 2.28. The molecule has 1 aromatic carbocycles. The van der Waals surface area contributed by atoms with Gasteiger partial charge in [0.05, 0.1) is 12.3 Å². The van der Waals surface area contributed by atoms with Gasteiger partial charge in [0.1, 0.15) is 12.3 Å². The van der Waals surface area contributed by atoms with Crippen LogP contribution < -0.4 is 9.64 Å². The summed E-state index contributed by atoms with van der Waals surface area (Å²) in [5.41, 5.74) is -0.231. The van der Waals surface area contributed by atoms with Gasteiger partial charge in [0.2, 0.25) is 0 Å². The smallest absolute Gasteiger partial charge is 0.326 e. The van der Waals surface area contributed by atoms with E-state index < -0.39 is 11.6 Å². The molecule has 0 N–H and O–H groups in total. The first-order chi connectivity index (χ1) is 10.3. The second-order valence-electron chi connectivity index (χ2n) is 5.55. The third kappa shape index (κ3) is 2.95. The summed E-state index contributed by atoms with van der Waals surface area (Å²) in [7, 11) is 0. The van der Waals surface area contributed by atoms with Crippen LogP contribution in [0.4, 0.5) is 5.69 Å². The summed E-state index contributed by atoms with van der Waals surface area (Å²) >= 11 is 0. The lowest BCUT2D eigenvalue weighted by Gasteiger charge is -2.38. The van der Waals surface area contributed by atoms with Gasteiger partial charge in [-0.3, -0.25) is 19.3 Å². The van der Waals surface area contributed by atoms with E-state index in [1.54, 1.807) is 39.0 Å². The second-order valence-corrected chi connectivity index (χ2v) is 5.55. The minimum absolute atomic E-state index is 0.129. The van der Waals surface area contributed by atoms with Crippen molar-refractivity contribution in [2.45, 2.75) is 33.3 Å². The molecule has 1 aliphatic heterocycles. The van der Waals surface area contributed by atoms with Crippen LogP contribution in [0.15, 0.2) is 18.2 Å². The zero-order valence-corrected chi connectivity index (χ0v) is 13.1. The molecule has 2 rings (SSSR count). The normalized spacial score (nSPS) is 15.8. The van der Waals surface area contributed by atoms with Crippen molar-refractivity contribution >= 4 is 23.3 Å². The molecule has 0 saturated carbocycles. The van der Waals surface area contributed by atoms with E-state index in [9.17, 15) is 14.4 Å². The standard InChI is InChI=1S/C16H19NO5/c1-5-21-14(19)9-17-12-8-11(10(2)18)6-7-13(12)22-16(3,4)15(17)20/h6-8H,5,9H2,1-4H3. The summed E-state index contributed by atoms with van der Waals surface area (Å²) in [5, 5.41) is 0. The molecule has 118 valence electrons. The Bertz CT molecular complexity index is 635. The van der Waals surface area contributed by atoms with Crippen LogP contribution in [0.1, 0.15) is 38.1 Å². The van der Waals surface area contributed by atoms with Crippen molar-refractivity contribution < 1.29 is 23.9 Å². The van der Waals surface area contributed by atoms with Crippen molar-refractivity contribution in [2.75, 3.05) is 18.1 Å². The summed E-state index contributed by atoms with van der Waals surface area (Å²) < 4.78 is 10.6. The topological polar surface area (TPSA) is 72.9 Å². The lowest BCUT2D eigenvalue weighted by atomic mass is 10.0. The van der Waals surface area contributed by atoms with Crippen LogP contribution in [0.2, 0.25) is 0 Å². The molecule has 6 nitrogen and oxygen atoms in total. The van der Waals surface area contributed by atoms with Crippen LogP contribution >= 0.6 is 0 Å². The van der Waals surface area contributed by atoms with Crippen LogP contribution in [0.25, 0.3) is 0 Å². The Morgan fingerprint density at radius 3 is 2.59 bits per heavy atom. The number of fused-ring (bicyclic) bond motifs is 1. The molecule has 22 heavy (non-hydrogen) atoms. The molecular weight excluding hydrogens is 286 g/mol. The Morgan fingerprint density at radius 2 is 2.00 bits per heavy atom. The van der Waals surface area contributed by atoms with E-state index in [0.29, 0.717) is 17.0 Å². The molecule has 6 heteroatoms. The zero-order valence-electron chi connectivity index (χ0n) is 13.1. The van der Waals surface area contributed by atoms with Crippen LogP contribution in [0.3, 0.4) is 0 Å². The highest BCUT2D eigenvalue weighted by atomic mass is 16.5. The number of ether oxygens (including phenoxy) is 2. The molecule has 0 unspecified atom stereocenters. The number of hydrogen-bond acceptors (Lipinski definition) is 5. The van der Waals surface area contributed by atoms with E-state index >= 15 is 0 Å². The van der Waals surface area contributed by atoms with Gasteiger partial charge in [-0.2, -0.15) is 0 Å². The molecular formula is C16H19NO5. The summed E-state index contributed by atoms with van der Waals surface area (Å²) in [6, 6.07) is 4.83. The van der Waals surface area contributed by atoms with Crippen molar-refractivity contribution in [3.05, 3.63) is 23.8 Å². The Balaban J connectivity index is 2.46. The highest BCUT2D eigenvalue weighted by Crippen LogP contribution is 2.38. The van der Waals surface area contributed by atoms with Crippen molar-refractivity contribution in [3.63, 3.8) is 0 Å². The van der Waals surface area contributed by atoms with Crippen molar-refractivity contribution in [1.29, 1.82) is 0 Å². The van der Waals surface area contributed by atoms with Gasteiger partial charge in [0.25, 0.3) is 5.91 Å². The van der Waals surface area contributed by atoms with E-state index in [4.69, 9.17) is 9.47 Å². The van der Waals surface area contributed by atoms with Crippen LogP contribution in [-0.2, 0) is 14.3 Å². The molecule has 0 aromatic heterocycles. The average Bonchev–Trinajstić information content (AvgIpc) is 2.43. The number of esters is 1. The number of hydrogen-bond donors (Lipinski definition) is 0. The maximum absolute atomic E-state index is 12.5. The summed E-state index contributed by atoms with van der Waals surface area (Å²) in [6.07, 6.45) is 0. The molecule has 0 aliphatic carbocycles. The minimum Gasteiger partial charge on any atom is -0.476 e. The van der Waals surface area contributed by atoms with E-state index in [-0.39, 0.29) is 24.8 Å². The zero-order chi connectivity index (χ0) is 16.5. The first kappa shape index (κ1) is 16.0. The van der Waals surface area contributed by atoms with E-state index in [2.05, 4.69) is 0 Å². The maximum Gasteiger partial charge on any atom is 0.326 e. The predicted octanol–water partition coefficient (Wildman–Crippen LogP) is 1.96. The minimum atomic E-state index is -1.09. The number of anilines is 1. The number of carbonyl (C=O) groups excluding carboxylic acids is 3. The highest BCUT2D eigenvalue weighted by Gasteiger charge is 2.41. The SMILES string of the molecule is CCOC(=O)CN1C(=O)C(C)(C)Oc2ccc(C(C)=O)cc21. The molecule has 0 bridgehead atoms. The fourth-order valence-electron chi connectivity index (χ4n) is 2.28. The van der Waals surface area contributed by atoms with Crippen LogP contribution in [0, 0.1) is 0 Å². The average molecular weight is 305 g/mol. The number of Topliss-reactive ketones (excluding diaryl/α,β-unsaturated/α-hetero) is 1. The third-order valence-electron chi connectivity index (χ3n) is 3.37. The van der Waals surface area contributed by atoms with Gasteiger partial charge in [0.15, 0.2) is 11.4 Å². The molecule has 0 atom stereocenters. The molecule has 1 aromatic rings. The Labute approximate surface area is 129 Å². The molecule has 0 saturated heterocycles. The third-order valence-corrected chi connectivity index (χ3v) is 3.37. The van der Waals surface area contributed by atoms with Gasteiger partial charge < -0.3 is 9.47 Å². The molecule has 0 fully saturated rings. The first-order valence-corrected chi connectivity index (χ1v) is 7.08. The first-order valence-electron chi connectivity index (χ1n) is 7.08. The van der Waals surface area contributed by atoms with Crippen LogP contribution in [0.5, 0.6) is 5.75 Å². The lowest BCUT2D eigenvalue weighted by molar-refractivity contribution is -0.144. The van der Waals surface area contributed by atoms with Gasteiger partial charge in [-0.25, -0.2) is 0 Å². The number of amides is 1. The second kappa shape index (κ2) is 5.79. The van der Waals surface area contributed by atoms with Gasteiger partial charge in [-0.15, -0.1) is 0 Å². The molecule has 1 aliphatic rings. The predicted molar refractivity (Wildman–Crippen MR) is 80.1 cm³/mol. The Kier molecular flexibility index (Phi) is 4.21. The number of nitrogens with zero attached hydrogens (tertiary/aromatic N) is 1. The largest absolute Gasteiger partial charge is 0.476 e. The number of benzene rings is 1. The van der Waals surface area contributed by atoms with Gasteiger partial charge >= 0.3 is 5.97 Å². The molecule has 1 amide bonds. The van der Waals surface area contributed by atoms with E-state index in [1.165, 1.54) is 11.8 Å². The van der Waals surface area contributed by atoms with Crippen LogP contribution in [-0.4, -0.2) is 36.4 Å². The van der Waals surface area contributed by atoms with Gasteiger partial charge in [-0.05, 0) is 45.9 Å². The lowest BCUT2D eigenvalue weighted by Crippen LogP contribution is -2.54. The van der Waals surface area contributed by atoms with Gasteiger partial charge in [0, 0.05) is 5.56 Å². The number of carbonyl (C=O) groups is 3. The van der Waals surface area contributed by atoms with E-state index in [0.717, 1.165) is 0 Å². The monoisotopic (exact) mass is 305 g/mol. The maximum atomic E-state index is 12.5. The van der Waals surface area contributed by atoms with E-state index in [1.807, 2.05) is 0 Å².